The molecule has 1 unspecified atom stereocenters. The van der Waals surface area contributed by atoms with E-state index in [1.54, 1.807) is 36.4 Å². The van der Waals surface area contributed by atoms with E-state index in [4.69, 9.17) is 0 Å². The number of rotatable bonds is 8. The second-order valence-electron chi connectivity index (χ2n) is 7.22. The van der Waals surface area contributed by atoms with Gasteiger partial charge in [0.25, 0.3) is 0 Å². The number of nitrogens with one attached hydrogen (secondary N) is 2. The SMILES string of the molecule is CN(C)c1ccc(NC(=O)C(Cc2ccccc2)NS(=O)(=O)c2ccccc2F)cc1. The number of carbonyl (C=O) groups excluding carboxylic acids is 1. The predicted molar refractivity (Wildman–Crippen MR) is 120 cm³/mol. The minimum absolute atomic E-state index is 0.107. The largest absolute Gasteiger partial charge is 0.378 e. The van der Waals surface area contributed by atoms with E-state index in [0.717, 1.165) is 23.4 Å². The van der Waals surface area contributed by atoms with Crippen molar-refractivity contribution in [3.63, 3.8) is 0 Å². The Morgan fingerprint density at radius 2 is 1.55 bits per heavy atom. The Bertz CT molecular complexity index is 1130. The molecule has 2 N–H and O–H groups in total. The van der Waals surface area contributed by atoms with Crippen LogP contribution in [-0.4, -0.2) is 34.5 Å². The van der Waals surface area contributed by atoms with E-state index in [9.17, 15) is 17.6 Å². The molecule has 1 amide bonds. The molecule has 0 heterocycles. The quantitative estimate of drug-likeness (QED) is 0.562. The molecular formula is C23H24FN3O3S. The number of sulfonamides is 1. The lowest BCUT2D eigenvalue weighted by molar-refractivity contribution is -0.117. The van der Waals surface area contributed by atoms with Crippen LogP contribution in [0, 0.1) is 5.82 Å². The van der Waals surface area contributed by atoms with Crippen molar-refractivity contribution in [2.45, 2.75) is 17.4 Å². The van der Waals surface area contributed by atoms with Gasteiger partial charge < -0.3 is 10.2 Å². The fourth-order valence-electron chi connectivity index (χ4n) is 3.02. The zero-order valence-electron chi connectivity index (χ0n) is 17.2. The van der Waals surface area contributed by atoms with E-state index in [1.807, 2.05) is 37.2 Å². The van der Waals surface area contributed by atoms with Gasteiger partial charge in [0, 0.05) is 25.5 Å². The summed E-state index contributed by atoms with van der Waals surface area (Å²) >= 11 is 0. The van der Waals surface area contributed by atoms with E-state index in [-0.39, 0.29) is 6.42 Å². The van der Waals surface area contributed by atoms with Gasteiger partial charge >= 0.3 is 0 Å². The molecule has 1 atom stereocenters. The van der Waals surface area contributed by atoms with Crippen molar-refractivity contribution in [2.75, 3.05) is 24.3 Å². The van der Waals surface area contributed by atoms with Crippen LogP contribution >= 0.6 is 0 Å². The highest BCUT2D eigenvalue weighted by atomic mass is 32.2. The molecule has 3 aromatic carbocycles. The summed E-state index contributed by atoms with van der Waals surface area (Å²) in [6.07, 6.45) is 0.107. The van der Waals surface area contributed by atoms with Crippen LogP contribution in [0.25, 0.3) is 0 Å². The Hall–Kier alpha value is -3.23. The molecule has 0 radical (unpaired) electrons. The maximum Gasteiger partial charge on any atom is 0.244 e. The summed E-state index contributed by atoms with van der Waals surface area (Å²) in [6, 6.07) is 20.1. The molecule has 6 nitrogen and oxygen atoms in total. The van der Waals surface area contributed by atoms with Crippen molar-refractivity contribution < 1.29 is 17.6 Å². The normalized spacial score (nSPS) is 12.2. The monoisotopic (exact) mass is 441 g/mol. The van der Waals surface area contributed by atoms with Gasteiger partial charge in [-0.25, -0.2) is 12.8 Å². The molecule has 3 aromatic rings. The van der Waals surface area contributed by atoms with Crippen LogP contribution in [0.2, 0.25) is 0 Å². The van der Waals surface area contributed by atoms with Crippen LogP contribution in [0.5, 0.6) is 0 Å². The summed E-state index contributed by atoms with van der Waals surface area (Å²) in [6.45, 7) is 0. The standard InChI is InChI=1S/C23H24FN3O3S/c1-27(2)19-14-12-18(13-15-19)25-23(28)21(16-17-8-4-3-5-9-17)26-31(29,30)22-11-7-6-10-20(22)24/h3-15,21,26H,16H2,1-2H3,(H,25,28). The highest BCUT2D eigenvalue weighted by molar-refractivity contribution is 7.89. The number of anilines is 2. The number of nitrogens with zero attached hydrogens (tertiary/aromatic N) is 1. The van der Waals surface area contributed by atoms with E-state index >= 15 is 0 Å². The number of hydrogen-bond donors (Lipinski definition) is 2. The van der Waals surface area contributed by atoms with E-state index < -0.39 is 32.7 Å². The Labute approximate surface area is 181 Å². The average molecular weight is 442 g/mol. The molecule has 3 rings (SSSR count). The summed E-state index contributed by atoms with van der Waals surface area (Å²) in [7, 11) is -0.451. The second-order valence-corrected chi connectivity index (χ2v) is 8.91. The Kier molecular flexibility index (Phi) is 7.04. The third-order valence-corrected chi connectivity index (χ3v) is 6.18. The van der Waals surface area contributed by atoms with Crippen molar-refractivity contribution >= 4 is 27.3 Å². The Morgan fingerprint density at radius 3 is 2.16 bits per heavy atom. The maximum absolute atomic E-state index is 14.1. The zero-order chi connectivity index (χ0) is 22.4. The molecule has 0 aliphatic carbocycles. The number of carbonyl (C=O) groups is 1. The van der Waals surface area contributed by atoms with Gasteiger partial charge in [-0.15, -0.1) is 0 Å². The summed E-state index contributed by atoms with van der Waals surface area (Å²) in [5.41, 5.74) is 2.25. The molecular weight excluding hydrogens is 417 g/mol. The smallest absolute Gasteiger partial charge is 0.244 e. The van der Waals surface area contributed by atoms with Gasteiger partial charge in [0.15, 0.2) is 0 Å². The van der Waals surface area contributed by atoms with Crippen molar-refractivity contribution in [1.29, 1.82) is 0 Å². The molecule has 8 heteroatoms. The maximum atomic E-state index is 14.1. The van der Waals surface area contributed by atoms with Crippen LogP contribution in [0.15, 0.2) is 83.8 Å². The molecule has 0 saturated carbocycles. The summed E-state index contributed by atoms with van der Waals surface area (Å²) in [4.78, 5) is 14.4. The topological polar surface area (TPSA) is 78.5 Å². The second kappa shape index (κ2) is 9.72. The summed E-state index contributed by atoms with van der Waals surface area (Å²) in [5.74, 6) is -1.42. The van der Waals surface area contributed by atoms with Crippen molar-refractivity contribution in [3.8, 4) is 0 Å². The number of halogens is 1. The lowest BCUT2D eigenvalue weighted by Gasteiger charge is -2.19. The molecule has 31 heavy (non-hydrogen) atoms. The number of benzene rings is 3. The molecule has 0 bridgehead atoms. The fourth-order valence-corrected chi connectivity index (χ4v) is 4.30. The van der Waals surface area contributed by atoms with Crippen molar-refractivity contribution in [1.82, 2.24) is 4.72 Å². The lowest BCUT2D eigenvalue weighted by Crippen LogP contribution is -2.45. The first-order valence-corrected chi connectivity index (χ1v) is 11.1. The van der Waals surface area contributed by atoms with Crippen LogP contribution in [0.4, 0.5) is 15.8 Å². The van der Waals surface area contributed by atoms with Gasteiger partial charge in [-0.05, 0) is 48.4 Å². The highest BCUT2D eigenvalue weighted by Gasteiger charge is 2.28. The summed E-state index contributed by atoms with van der Waals surface area (Å²) in [5, 5.41) is 2.74. The van der Waals surface area contributed by atoms with Gasteiger partial charge in [0.1, 0.15) is 16.8 Å². The predicted octanol–water partition coefficient (Wildman–Crippen LogP) is 3.42. The van der Waals surface area contributed by atoms with E-state index in [1.165, 1.54) is 12.1 Å². The number of hydrogen-bond acceptors (Lipinski definition) is 4. The van der Waals surface area contributed by atoms with Crippen LogP contribution in [0.3, 0.4) is 0 Å². The first-order valence-electron chi connectivity index (χ1n) is 9.65. The third kappa shape index (κ3) is 5.90. The third-order valence-electron chi connectivity index (χ3n) is 4.67. The molecule has 0 spiro atoms. The van der Waals surface area contributed by atoms with Gasteiger partial charge in [-0.3, -0.25) is 4.79 Å². The van der Waals surface area contributed by atoms with Gasteiger partial charge in [-0.1, -0.05) is 42.5 Å². The molecule has 0 aliphatic heterocycles. The molecule has 0 fully saturated rings. The minimum Gasteiger partial charge on any atom is -0.378 e. The zero-order valence-corrected chi connectivity index (χ0v) is 18.1. The fraction of sp³-hybridized carbons (Fsp3) is 0.174. The lowest BCUT2D eigenvalue weighted by atomic mass is 10.1. The highest BCUT2D eigenvalue weighted by Crippen LogP contribution is 2.18. The van der Waals surface area contributed by atoms with E-state index in [0.29, 0.717) is 5.69 Å². The Morgan fingerprint density at radius 1 is 0.935 bits per heavy atom. The molecule has 0 saturated heterocycles. The van der Waals surface area contributed by atoms with Crippen LogP contribution in [0.1, 0.15) is 5.56 Å². The Balaban J connectivity index is 1.85. The first kappa shape index (κ1) is 22.5. The van der Waals surface area contributed by atoms with Gasteiger partial charge in [-0.2, -0.15) is 4.72 Å². The summed E-state index contributed by atoms with van der Waals surface area (Å²) < 4.78 is 42.0. The number of amides is 1. The molecule has 0 aromatic heterocycles. The van der Waals surface area contributed by atoms with Crippen LogP contribution in [-0.2, 0) is 21.2 Å². The van der Waals surface area contributed by atoms with Crippen molar-refractivity contribution in [2.24, 2.45) is 0 Å². The van der Waals surface area contributed by atoms with Crippen LogP contribution < -0.4 is 14.9 Å². The minimum atomic E-state index is -4.26. The first-order chi connectivity index (χ1) is 14.8. The molecule has 0 aliphatic rings. The average Bonchev–Trinajstić information content (AvgIpc) is 2.74. The van der Waals surface area contributed by atoms with Gasteiger partial charge in [0.2, 0.25) is 15.9 Å². The van der Waals surface area contributed by atoms with Crippen molar-refractivity contribution in [3.05, 3.63) is 90.2 Å². The van der Waals surface area contributed by atoms with E-state index in [2.05, 4.69) is 10.0 Å². The molecule has 162 valence electrons. The van der Waals surface area contributed by atoms with Gasteiger partial charge in [0.05, 0.1) is 0 Å².